The van der Waals surface area contributed by atoms with Crippen LogP contribution in [0.5, 0.6) is 5.75 Å². The van der Waals surface area contributed by atoms with Gasteiger partial charge in [-0.25, -0.2) is 8.42 Å². The van der Waals surface area contributed by atoms with Crippen LogP contribution in [0.4, 0.5) is 5.69 Å². The minimum Gasteiger partial charge on any atom is -0.496 e. The molecule has 8 heteroatoms. The minimum absolute atomic E-state index is 0.0694. The normalized spacial score (nSPS) is 11.5. The van der Waals surface area contributed by atoms with Crippen LogP contribution in [-0.2, 0) is 21.4 Å². The van der Waals surface area contributed by atoms with Crippen molar-refractivity contribution in [1.82, 2.24) is 4.31 Å². The number of nitrogens with one attached hydrogen (secondary N) is 1. The summed E-state index contributed by atoms with van der Waals surface area (Å²) in [6.07, 6.45) is 0. The van der Waals surface area contributed by atoms with Gasteiger partial charge in [-0.1, -0.05) is 46.3 Å². The third-order valence-corrected chi connectivity index (χ3v) is 7.53. The van der Waals surface area contributed by atoms with Crippen LogP contribution in [0.1, 0.15) is 22.3 Å². The molecule has 6 nitrogen and oxygen atoms in total. The fourth-order valence-electron chi connectivity index (χ4n) is 3.62. The van der Waals surface area contributed by atoms with Gasteiger partial charge in [0.2, 0.25) is 15.9 Å². The Hall–Kier alpha value is -2.68. The van der Waals surface area contributed by atoms with E-state index in [9.17, 15) is 13.2 Å². The zero-order valence-electron chi connectivity index (χ0n) is 19.1. The van der Waals surface area contributed by atoms with Crippen LogP contribution in [-0.4, -0.2) is 32.3 Å². The van der Waals surface area contributed by atoms with Crippen LogP contribution in [0.25, 0.3) is 0 Å². The Morgan fingerprint density at radius 3 is 2.18 bits per heavy atom. The highest BCUT2D eigenvalue weighted by Gasteiger charge is 2.28. The Morgan fingerprint density at radius 2 is 1.61 bits per heavy atom. The van der Waals surface area contributed by atoms with Crippen molar-refractivity contribution in [2.75, 3.05) is 19.0 Å². The fraction of sp³-hybridized carbons (Fsp3) is 0.240. The molecule has 0 spiro atoms. The first-order valence-electron chi connectivity index (χ1n) is 10.4. The van der Waals surface area contributed by atoms with Crippen molar-refractivity contribution in [3.63, 3.8) is 0 Å². The van der Waals surface area contributed by atoms with E-state index in [1.807, 2.05) is 56.3 Å². The number of nitrogens with zero attached hydrogens (tertiary/aromatic N) is 1. The molecule has 0 saturated carbocycles. The number of benzene rings is 3. The molecule has 0 aromatic heterocycles. The first-order chi connectivity index (χ1) is 15.6. The second-order valence-corrected chi connectivity index (χ2v) is 10.7. The number of ether oxygens (including phenoxy) is 1. The van der Waals surface area contributed by atoms with Crippen molar-refractivity contribution in [2.45, 2.75) is 32.2 Å². The van der Waals surface area contributed by atoms with Crippen LogP contribution in [0, 0.1) is 20.8 Å². The fourth-order valence-corrected chi connectivity index (χ4v) is 5.78. The number of aryl methyl sites for hydroxylation is 3. The summed E-state index contributed by atoms with van der Waals surface area (Å²) in [5, 5.41) is 2.89. The summed E-state index contributed by atoms with van der Waals surface area (Å²) < 4.78 is 34.5. The van der Waals surface area contributed by atoms with Gasteiger partial charge in [0.25, 0.3) is 0 Å². The van der Waals surface area contributed by atoms with Crippen LogP contribution < -0.4 is 10.1 Å². The summed E-state index contributed by atoms with van der Waals surface area (Å²) >= 11 is 3.45. The highest BCUT2D eigenvalue weighted by molar-refractivity contribution is 9.10. The number of anilines is 1. The topological polar surface area (TPSA) is 75.7 Å². The van der Waals surface area contributed by atoms with Crippen molar-refractivity contribution in [3.05, 3.63) is 87.4 Å². The van der Waals surface area contributed by atoms with Crippen LogP contribution in [0.3, 0.4) is 0 Å². The maximum absolute atomic E-state index is 13.6. The predicted molar refractivity (Wildman–Crippen MR) is 134 cm³/mol. The molecular formula is C25H27BrN2O4S. The first-order valence-corrected chi connectivity index (χ1v) is 12.6. The second-order valence-electron chi connectivity index (χ2n) is 7.85. The Balaban J connectivity index is 1.93. The van der Waals surface area contributed by atoms with Crippen LogP contribution in [0.2, 0.25) is 0 Å². The van der Waals surface area contributed by atoms with Crippen molar-refractivity contribution in [1.29, 1.82) is 0 Å². The average molecular weight is 531 g/mol. The maximum atomic E-state index is 13.6. The van der Waals surface area contributed by atoms with Gasteiger partial charge in [-0.2, -0.15) is 4.31 Å². The molecule has 33 heavy (non-hydrogen) atoms. The van der Waals surface area contributed by atoms with Gasteiger partial charge in [0.05, 0.1) is 18.6 Å². The zero-order chi connectivity index (χ0) is 24.2. The van der Waals surface area contributed by atoms with Crippen molar-refractivity contribution < 1.29 is 17.9 Å². The lowest BCUT2D eigenvalue weighted by Gasteiger charge is -2.23. The van der Waals surface area contributed by atoms with Crippen molar-refractivity contribution >= 4 is 37.5 Å². The maximum Gasteiger partial charge on any atom is 0.243 e. The molecule has 0 aliphatic rings. The summed E-state index contributed by atoms with van der Waals surface area (Å²) in [6, 6.07) is 17.7. The summed E-state index contributed by atoms with van der Waals surface area (Å²) in [5.41, 5.74) is 3.94. The molecule has 174 valence electrons. The SMILES string of the molecule is COc1ccc(S(=O)(=O)N(CC(=O)Nc2c(C)cc(Br)cc2C)Cc2ccccc2)cc1C. The van der Waals surface area contributed by atoms with Gasteiger partial charge in [0.1, 0.15) is 5.75 Å². The largest absolute Gasteiger partial charge is 0.496 e. The molecule has 0 unspecified atom stereocenters. The Labute approximate surface area is 203 Å². The lowest BCUT2D eigenvalue weighted by molar-refractivity contribution is -0.116. The third kappa shape index (κ3) is 6.01. The first kappa shape index (κ1) is 25.0. The molecule has 3 aromatic rings. The van der Waals surface area contributed by atoms with Gasteiger partial charge in [-0.05, 0) is 73.4 Å². The van der Waals surface area contributed by atoms with Crippen LogP contribution >= 0.6 is 15.9 Å². The standard InChI is InChI=1S/C25H27BrN2O4S/c1-17-14-22(10-11-23(17)32-4)33(30,31)28(15-20-8-6-5-7-9-20)16-24(29)27-25-18(2)12-21(26)13-19(25)3/h5-14H,15-16H2,1-4H3,(H,27,29). The monoisotopic (exact) mass is 530 g/mol. The number of carbonyl (C=O) groups is 1. The molecule has 1 N–H and O–H groups in total. The quantitative estimate of drug-likeness (QED) is 0.433. The van der Waals surface area contributed by atoms with Gasteiger partial charge in [-0.15, -0.1) is 0 Å². The van der Waals surface area contributed by atoms with Gasteiger partial charge >= 0.3 is 0 Å². The Bertz CT molecular complexity index is 1240. The summed E-state index contributed by atoms with van der Waals surface area (Å²) in [7, 11) is -2.42. The van der Waals surface area contributed by atoms with Crippen LogP contribution in [0.15, 0.2) is 70.0 Å². The molecule has 0 aliphatic heterocycles. The second kappa shape index (κ2) is 10.5. The van der Waals surface area contributed by atoms with E-state index in [4.69, 9.17) is 4.74 Å². The predicted octanol–water partition coefficient (Wildman–Crippen LogP) is 5.21. The van der Waals surface area contributed by atoms with Gasteiger partial charge in [0, 0.05) is 16.7 Å². The highest BCUT2D eigenvalue weighted by atomic mass is 79.9. The van der Waals surface area contributed by atoms with E-state index in [0.717, 1.165) is 21.2 Å². The summed E-state index contributed by atoms with van der Waals surface area (Å²) in [6.45, 7) is 5.32. The molecule has 1 amide bonds. The average Bonchev–Trinajstić information content (AvgIpc) is 2.76. The van der Waals surface area contributed by atoms with E-state index in [2.05, 4.69) is 21.2 Å². The molecule has 0 saturated heterocycles. The minimum atomic E-state index is -3.95. The lowest BCUT2D eigenvalue weighted by Crippen LogP contribution is -2.37. The summed E-state index contributed by atoms with van der Waals surface area (Å²) in [5.74, 6) is 0.191. The molecule has 0 radical (unpaired) electrons. The highest BCUT2D eigenvalue weighted by Crippen LogP contribution is 2.27. The molecule has 0 bridgehead atoms. The van der Waals surface area contributed by atoms with E-state index in [-0.39, 0.29) is 18.0 Å². The number of halogens is 1. The van der Waals surface area contributed by atoms with Gasteiger partial charge in [0.15, 0.2) is 0 Å². The van der Waals surface area contributed by atoms with Gasteiger partial charge in [-0.3, -0.25) is 4.79 Å². The zero-order valence-corrected chi connectivity index (χ0v) is 21.5. The number of sulfonamides is 1. The van der Waals surface area contributed by atoms with E-state index < -0.39 is 15.9 Å². The molecule has 0 fully saturated rings. The molecule has 0 aliphatic carbocycles. The smallest absolute Gasteiger partial charge is 0.243 e. The van der Waals surface area contributed by atoms with Crippen molar-refractivity contribution in [3.8, 4) is 5.75 Å². The van der Waals surface area contributed by atoms with E-state index in [0.29, 0.717) is 17.0 Å². The van der Waals surface area contributed by atoms with E-state index in [1.54, 1.807) is 19.1 Å². The molecule has 3 rings (SSSR count). The molecular weight excluding hydrogens is 504 g/mol. The number of amides is 1. The van der Waals surface area contributed by atoms with Crippen molar-refractivity contribution in [2.24, 2.45) is 0 Å². The number of rotatable bonds is 8. The molecule has 3 aromatic carbocycles. The molecule has 0 atom stereocenters. The van der Waals surface area contributed by atoms with E-state index >= 15 is 0 Å². The number of hydrogen-bond donors (Lipinski definition) is 1. The Morgan fingerprint density at radius 1 is 0.970 bits per heavy atom. The summed E-state index contributed by atoms with van der Waals surface area (Å²) in [4.78, 5) is 13.1. The Kier molecular flexibility index (Phi) is 7.94. The number of carbonyl (C=O) groups excluding carboxylic acids is 1. The lowest BCUT2D eigenvalue weighted by atomic mass is 10.1. The molecule has 0 heterocycles. The number of methoxy groups -OCH3 is 1. The van der Waals surface area contributed by atoms with E-state index in [1.165, 1.54) is 17.5 Å². The third-order valence-electron chi connectivity index (χ3n) is 5.29. The van der Waals surface area contributed by atoms with Gasteiger partial charge < -0.3 is 10.1 Å². The number of hydrogen-bond acceptors (Lipinski definition) is 4.